The van der Waals surface area contributed by atoms with Gasteiger partial charge in [0.05, 0.1) is 5.75 Å². The van der Waals surface area contributed by atoms with E-state index >= 15 is 0 Å². The molecule has 1 fully saturated rings. The lowest BCUT2D eigenvalue weighted by Crippen LogP contribution is -2.34. The van der Waals surface area contributed by atoms with E-state index in [1.54, 1.807) is 35.6 Å². The number of rotatable bonds is 6. The number of nitrogens with one attached hydrogen (secondary N) is 1. The molecule has 7 nitrogen and oxygen atoms in total. The van der Waals surface area contributed by atoms with Crippen LogP contribution in [0.4, 0.5) is 10.8 Å². The van der Waals surface area contributed by atoms with Crippen LogP contribution < -0.4 is 10.2 Å². The summed E-state index contributed by atoms with van der Waals surface area (Å²) in [5.41, 5.74) is 1.86. The van der Waals surface area contributed by atoms with Gasteiger partial charge >= 0.3 is 0 Å². The van der Waals surface area contributed by atoms with Crippen LogP contribution in [0.15, 0.2) is 35.6 Å². The van der Waals surface area contributed by atoms with E-state index in [1.165, 1.54) is 37.9 Å². The second kappa shape index (κ2) is 9.09. The Balaban J connectivity index is 1.44. The van der Waals surface area contributed by atoms with E-state index in [1.807, 2.05) is 0 Å². The SMILES string of the molecule is CC(=O)c1cccc(NC(=O)CSc2ncnc3nc(N4CCC[C@@H](C)C4)sc23)c1. The van der Waals surface area contributed by atoms with Gasteiger partial charge < -0.3 is 10.2 Å². The second-order valence-corrected chi connectivity index (χ2v) is 9.44. The molecule has 1 saturated heterocycles. The van der Waals surface area contributed by atoms with Crippen LogP contribution in [0.5, 0.6) is 0 Å². The number of benzene rings is 1. The van der Waals surface area contributed by atoms with Crippen LogP contribution in [0.1, 0.15) is 37.0 Å². The highest BCUT2D eigenvalue weighted by molar-refractivity contribution is 8.00. The van der Waals surface area contributed by atoms with Gasteiger partial charge in [-0.1, -0.05) is 42.2 Å². The van der Waals surface area contributed by atoms with Gasteiger partial charge in [0.15, 0.2) is 16.6 Å². The Kier molecular flexibility index (Phi) is 6.29. The fourth-order valence-electron chi connectivity index (χ4n) is 3.47. The molecule has 1 atom stereocenters. The molecule has 1 aromatic carbocycles. The minimum atomic E-state index is -0.151. The van der Waals surface area contributed by atoms with E-state index in [2.05, 4.69) is 27.1 Å². The fourth-order valence-corrected chi connectivity index (χ4v) is 5.40. The molecule has 0 bridgehead atoms. The zero-order chi connectivity index (χ0) is 21.1. The van der Waals surface area contributed by atoms with Crippen molar-refractivity contribution < 1.29 is 9.59 Å². The van der Waals surface area contributed by atoms with Crippen LogP contribution in [0.25, 0.3) is 10.3 Å². The molecule has 4 rings (SSSR count). The topological polar surface area (TPSA) is 88.1 Å². The molecule has 2 aromatic heterocycles. The second-order valence-electron chi connectivity index (χ2n) is 7.50. The highest BCUT2D eigenvalue weighted by Gasteiger charge is 2.21. The summed E-state index contributed by atoms with van der Waals surface area (Å²) in [7, 11) is 0. The van der Waals surface area contributed by atoms with Crippen LogP contribution in [0.3, 0.4) is 0 Å². The highest BCUT2D eigenvalue weighted by atomic mass is 32.2. The van der Waals surface area contributed by atoms with Crippen molar-refractivity contribution >= 4 is 56.0 Å². The molecule has 1 aliphatic rings. The minimum Gasteiger partial charge on any atom is -0.348 e. The number of hydrogen-bond donors (Lipinski definition) is 1. The Morgan fingerprint density at radius 1 is 1.33 bits per heavy atom. The Bertz CT molecular complexity index is 1080. The third-order valence-electron chi connectivity index (χ3n) is 4.97. The molecule has 0 saturated carbocycles. The van der Waals surface area contributed by atoms with Crippen LogP contribution in [-0.4, -0.2) is 45.5 Å². The quantitative estimate of drug-likeness (QED) is 0.347. The summed E-state index contributed by atoms with van der Waals surface area (Å²) >= 11 is 2.96. The summed E-state index contributed by atoms with van der Waals surface area (Å²) in [6, 6.07) is 6.94. The van der Waals surface area contributed by atoms with Crippen molar-refractivity contribution in [3.63, 3.8) is 0 Å². The normalized spacial score (nSPS) is 16.6. The maximum Gasteiger partial charge on any atom is 0.234 e. The van der Waals surface area contributed by atoms with Gasteiger partial charge in [-0.2, -0.15) is 4.98 Å². The molecule has 1 N–H and O–H groups in total. The number of ketones is 1. The van der Waals surface area contributed by atoms with E-state index in [-0.39, 0.29) is 17.4 Å². The van der Waals surface area contributed by atoms with Crippen molar-refractivity contribution in [2.24, 2.45) is 5.92 Å². The fraction of sp³-hybridized carbons (Fsp3) is 0.381. The maximum absolute atomic E-state index is 12.4. The lowest BCUT2D eigenvalue weighted by atomic mass is 10.0. The number of hydrogen-bond acceptors (Lipinski definition) is 8. The number of carbonyl (C=O) groups is 2. The lowest BCUT2D eigenvalue weighted by molar-refractivity contribution is -0.113. The Morgan fingerprint density at radius 2 is 2.20 bits per heavy atom. The molecule has 0 radical (unpaired) electrons. The van der Waals surface area contributed by atoms with Crippen LogP contribution in [0.2, 0.25) is 0 Å². The largest absolute Gasteiger partial charge is 0.348 e. The highest BCUT2D eigenvalue weighted by Crippen LogP contribution is 2.35. The van der Waals surface area contributed by atoms with E-state index in [9.17, 15) is 9.59 Å². The zero-order valence-electron chi connectivity index (χ0n) is 16.9. The molecule has 9 heteroatoms. The number of anilines is 2. The van der Waals surface area contributed by atoms with Gasteiger partial charge in [-0.3, -0.25) is 9.59 Å². The zero-order valence-corrected chi connectivity index (χ0v) is 18.6. The number of aromatic nitrogens is 3. The average Bonchev–Trinajstić information content (AvgIpc) is 3.17. The average molecular weight is 442 g/mol. The van der Waals surface area contributed by atoms with Gasteiger partial charge in [0.1, 0.15) is 16.1 Å². The monoisotopic (exact) mass is 441 g/mol. The first-order chi connectivity index (χ1) is 14.5. The van der Waals surface area contributed by atoms with Crippen molar-refractivity contribution in [3.8, 4) is 0 Å². The predicted octanol–water partition coefficient (Wildman–Crippen LogP) is 4.26. The summed E-state index contributed by atoms with van der Waals surface area (Å²) in [6.07, 6.45) is 3.93. The molecule has 3 aromatic rings. The molecule has 3 heterocycles. The standard InChI is InChI=1S/C21H23N5O2S2/c1-13-5-4-8-26(10-13)21-25-19-18(30-21)20(23-12-22-19)29-11-17(28)24-16-7-3-6-15(9-16)14(2)27/h3,6-7,9,12-13H,4-5,8,10-11H2,1-2H3,(H,24,28)/t13-/m1/s1. The maximum atomic E-state index is 12.4. The lowest BCUT2D eigenvalue weighted by Gasteiger charge is -2.30. The third-order valence-corrected chi connectivity index (χ3v) is 7.20. The van der Waals surface area contributed by atoms with Crippen molar-refractivity contribution in [2.45, 2.75) is 31.7 Å². The summed E-state index contributed by atoms with van der Waals surface area (Å²) in [6.45, 7) is 5.80. The molecule has 0 aliphatic carbocycles. The molecule has 0 spiro atoms. The van der Waals surface area contributed by atoms with Crippen LogP contribution in [0, 0.1) is 5.92 Å². The van der Waals surface area contributed by atoms with Crippen LogP contribution in [-0.2, 0) is 4.79 Å². The number of amides is 1. The first-order valence-electron chi connectivity index (χ1n) is 9.89. The molecular weight excluding hydrogens is 418 g/mol. The summed E-state index contributed by atoms with van der Waals surface area (Å²) in [4.78, 5) is 39.6. The van der Waals surface area contributed by atoms with Gasteiger partial charge in [0, 0.05) is 24.3 Å². The summed E-state index contributed by atoms with van der Waals surface area (Å²) in [5.74, 6) is 0.690. The number of thioether (sulfide) groups is 1. The first kappa shape index (κ1) is 20.7. The molecule has 156 valence electrons. The summed E-state index contributed by atoms with van der Waals surface area (Å²) < 4.78 is 0.919. The van der Waals surface area contributed by atoms with Gasteiger partial charge in [0.2, 0.25) is 5.91 Å². The van der Waals surface area contributed by atoms with E-state index in [0.29, 0.717) is 22.8 Å². The minimum absolute atomic E-state index is 0.0343. The first-order valence-corrected chi connectivity index (χ1v) is 11.7. The number of carbonyl (C=O) groups excluding carboxylic acids is 2. The molecular formula is C21H23N5O2S2. The smallest absolute Gasteiger partial charge is 0.234 e. The molecule has 0 unspecified atom stereocenters. The van der Waals surface area contributed by atoms with Crippen molar-refractivity contribution in [3.05, 3.63) is 36.2 Å². The van der Waals surface area contributed by atoms with Gasteiger partial charge in [0.25, 0.3) is 0 Å². The number of Topliss-reactive ketones (excluding diaryl/α,β-unsaturated/α-hetero) is 1. The molecule has 1 amide bonds. The van der Waals surface area contributed by atoms with E-state index in [0.717, 1.165) is 27.9 Å². The Morgan fingerprint density at radius 3 is 3.00 bits per heavy atom. The van der Waals surface area contributed by atoms with Gasteiger partial charge in [-0.05, 0) is 37.8 Å². The van der Waals surface area contributed by atoms with E-state index < -0.39 is 0 Å². The molecule has 1 aliphatic heterocycles. The van der Waals surface area contributed by atoms with Crippen molar-refractivity contribution in [1.82, 2.24) is 15.0 Å². The third kappa shape index (κ3) is 4.79. The summed E-state index contributed by atoms with van der Waals surface area (Å²) in [5, 5.41) is 4.58. The number of fused-ring (bicyclic) bond motifs is 1. The van der Waals surface area contributed by atoms with Gasteiger partial charge in [-0.25, -0.2) is 9.97 Å². The van der Waals surface area contributed by atoms with Crippen molar-refractivity contribution in [1.29, 1.82) is 0 Å². The van der Waals surface area contributed by atoms with Gasteiger partial charge in [-0.15, -0.1) is 0 Å². The number of piperidine rings is 1. The Labute approximate surface area is 183 Å². The number of thiazole rings is 1. The Hall–Kier alpha value is -2.52. The van der Waals surface area contributed by atoms with Crippen molar-refractivity contribution in [2.75, 3.05) is 29.1 Å². The predicted molar refractivity (Wildman–Crippen MR) is 122 cm³/mol. The molecule has 30 heavy (non-hydrogen) atoms. The van der Waals surface area contributed by atoms with Crippen LogP contribution >= 0.6 is 23.1 Å². The number of nitrogens with zero attached hydrogens (tertiary/aromatic N) is 4. The van der Waals surface area contributed by atoms with E-state index in [4.69, 9.17) is 4.98 Å².